The summed E-state index contributed by atoms with van der Waals surface area (Å²) in [6.45, 7) is 3.36. The molecule has 1 unspecified atom stereocenters. The molecule has 2 N–H and O–H groups in total. The van der Waals surface area contributed by atoms with Crippen molar-refractivity contribution in [1.29, 1.82) is 10.5 Å². The molecule has 1 atom stereocenters. The molecule has 1 aliphatic heterocycles. The number of halogens is 1. The molecule has 33 heavy (non-hydrogen) atoms. The Morgan fingerprint density at radius 2 is 1.85 bits per heavy atom. The first kappa shape index (κ1) is 24.5. The first-order valence-electron chi connectivity index (χ1n) is 10.8. The van der Waals surface area contributed by atoms with E-state index in [4.69, 9.17) is 10.7 Å². The Morgan fingerprint density at radius 1 is 1.24 bits per heavy atom. The van der Waals surface area contributed by atoms with Crippen molar-refractivity contribution in [2.75, 3.05) is 32.1 Å². The highest BCUT2D eigenvalue weighted by Gasteiger charge is 2.29. The van der Waals surface area contributed by atoms with Gasteiger partial charge in [0.05, 0.1) is 11.1 Å². The van der Waals surface area contributed by atoms with Crippen molar-refractivity contribution in [3.8, 4) is 12.1 Å². The van der Waals surface area contributed by atoms with Gasteiger partial charge in [0.2, 0.25) is 5.91 Å². The number of nitrogens with two attached hydrogens (primary N) is 1. The van der Waals surface area contributed by atoms with Gasteiger partial charge < -0.3 is 15.5 Å². The number of benzene rings is 1. The number of aromatic nitrogens is 1. The Bertz CT molecular complexity index is 1100. The minimum Gasteiger partial charge on any atom is -0.368 e. The minimum absolute atomic E-state index is 0.277. The van der Waals surface area contributed by atoms with Gasteiger partial charge in [-0.15, -0.1) is 0 Å². The smallest absolute Gasteiger partial charge is 0.235 e. The summed E-state index contributed by atoms with van der Waals surface area (Å²) in [4.78, 5) is 21.3. The van der Waals surface area contributed by atoms with E-state index in [0.717, 1.165) is 37.7 Å². The van der Waals surface area contributed by atoms with Crippen LogP contribution in [0.25, 0.3) is 0 Å². The van der Waals surface area contributed by atoms with Crippen LogP contribution in [0, 0.1) is 28.5 Å². The zero-order valence-corrected chi connectivity index (χ0v) is 19.8. The van der Waals surface area contributed by atoms with Gasteiger partial charge in [-0.3, -0.25) is 4.79 Å². The largest absolute Gasteiger partial charge is 0.368 e. The van der Waals surface area contributed by atoms with Crippen molar-refractivity contribution in [1.82, 2.24) is 9.88 Å². The standard InChI is InChI=1S/C24H27FN6OS/c1-4-18-19(13-26)23(31-11-9-17(10-12-31)30(2)3)29-24(20(18)14-27)33-21(22(28)32)15-5-7-16(25)8-6-15/h5-8,17,21H,4,9-12H2,1-3H3,(H2,28,32). The van der Waals surface area contributed by atoms with Gasteiger partial charge in [-0.1, -0.05) is 30.8 Å². The predicted octanol–water partition coefficient (Wildman–Crippen LogP) is 3.38. The molecule has 0 saturated carbocycles. The third kappa shape index (κ3) is 5.27. The number of rotatable bonds is 7. The summed E-state index contributed by atoms with van der Waals surface area (Å²) in [5.74, 6) is -0.499. The van der Waals surface area contributed by atoms with Crippen molar-refractivity contribution in [2.45, 2.75) is 42.5 Å². The second kappa shape index (κ2) is 10.7. The van der Waals surface area contributed by atoms with E-state index >= 15 is 0 Å². The number of pyridine rings is 1. The number of piperidine rings is 1. The van der Waals surface area contributed by atoms with Crippen LogP contribution in [0.4, 0.5) is 10.2 Å². The molecular formula is C24H27FN6OS. The van der Waals surface area contributed by atoms with Crippen LogP contribution in [0.3, 0.4) is 0 Å². The molecule has 2 heterocycles. The molecule has 7 nitrogen and oxygen atoms in total. The molecular weight excluding hydrogens is 439 g/mol. The molecule has 172 valence electrons. The maximum absolute atomic E-state index is 13.4. The van der Waals surface area contributed by atoms with E-state index in [-0.39, 0.29) is 5.56 Å². The van der Waals surface area contributed by atoms with Crippen LogP contribution < -0.4 is 10.6 Å². The van der Waals surface area contributed by atoms with Crippen molar-refractivity contribution in [2.24, 2.45) is 5.73 Å². The molecule has 1 fully saturated rings. The third-order valence-electron chi connectivity index (χ3n) is 5.98. The normalized spacial score (nSPS) is 15.2. The van der Waals surface area contributed by atoms with E-state index in [1.54, 1.807) is 0 Å². The summed E-state index contributed by atoms with van der Waals surface area (Å²) in [6.07, 6.45) is 2.34. The zero-order chi connectivity index (χ0) is 24.1. The summed E-state index contributed by atoms with van der Waals surface area (Å²) in [5.41, 5.74) is 7.48. The molecule has 1 aliphatic rings. The van der Waals surface area contributed by atoms with E-state index in [9.17, 15) is 19.7 Å². The lowest BCUT2D eigenvalue weighted by molar-refractivity contribution is -0.117. The lowest BCUT2D eigenvalue weighted by atomic mass is 9.99. The predicted molar refractivity (Wildman–Crippen MR) is 126 cm³/mol. The maximum atomic E-state index is 13.4. The van der Waals surface area contributed by atoms with E-state index in [0.29, 0.717) is 40.0 Å². The van der Waals surface area contributed by atoms with Gasteiger partial charge in [0.1, 0.15) is 34.0 Å². The number of nitriles is 2. The van der Waals surface area contributed by atoms with Crippen LogP contribution in [-0.2, 0) is 11.2 Å². The molecule has 1 aromatic heterocycles. The van der Waals surface area contributed by atoms with E-state index in [2.05, 4.69) is 36.0 Å². The number of hydrogen-bond donors (Lipinski definition) is 1. The number of anilines is 1. The first-order chi connectivity index (χ1) is 15.8. The summed E-state index contributed by atoms with van der Waals surface area (Å²) in [7, 11) is 4.12. The Hall–Kier alpha value is -3.14. The average Bonchev–Trinajstić information content (AvgIpc) is 2.81. The van der Waals surface area contributed by atoms with Crippen LogP contribution in [0.1, 0.15) is 47.3 Å². The average molecular weight is 467 g/mol. The Morgan fingerprint density at radius 3 is 2.33 bits per heavy atom. The molecule has 3 rings (SSSR count). The Labute approximate surface area is 198 Å². The number of carbonyl (C=O) groups excluding carboxylic acids is 1. The second-order valence-electron chi connectivity index (χ2n) is 8.18. The van der Waals surface area contributed by atoms with Crippen LogP contribution in [0.2, 0.25) is 0 Å². The highest BCUT2D eigenvalue weighted by atomic mass is 32.2. The molecule has 0 radical (unpaired) electrons. The molecule has 1 aromatic carbocycles. The maximum Gasteiger partial charge on any atom is 0.235 e. The third-order valence-corrected chi connectivity index (χ3v) is 7.24. The van der Waals surface area contributed by atoms with Crippen molar-refractivity contribution < 1.29 is 9.18 Å². The fraction of sp³-hybridized carbons (Fsp3) is 0.417. The van der Waals surface area contributed by atoms with E-state index < -0.39 is 17.0 Å². The van der Waals surface area contributed by atoms with Crippen LogP contribution in [-0.4, -0.2) is 49.0 Å². The molecule has 0 bridgehead atoms. The monoisotopic (exact) mass is 466 g/mol. The molecule has 1 saturated heterocycles. The first-order valence-corrected chi connectivity index (χ1v) is 11.7. The quantitative estimate of drug-likeness (QED) is 0.623. The van der Waals surface area contributed by atoms with Gasteiger partial charge in [-0.05, 0) is 56.6 Å². The van der Waals surface area contributed by atoms with Gasteiger partial charge in [0.25, 0.3) is 0 Å². The van der Waals surface area contributed by atoms with Gasteiger partial charge in [-0.2, -0.15) is 10.5 Å². The highest BCUT2D eigenvalue weighted by molar-refractivity contribution is 8.00. The van der Waals surface area contributed by atoms with Crippen molar-refractivity contribution >= 4 is 23.5 Å². The number of primary amides is 1. The summed E-state index contributed by atoms with van der Waals surface area (Å²) < 4.78 is 13.4. The van der Waals surface area contributed by atoms with Gasteiger partial charge in [-0.25, -0.2) is 9.37 Å². The van der Waals surface area contributed by atoms with E-state index in [1.807, 2.05) is 6.92 Å². The lowest BCUT2D eigenvalue weighted by Gasteiger charge is -2.36. The van der Waals surface area contributed by atoms with Crippen molar-refractivity contribution in [3.05, 3.63) is 52.3 Å². The summed E-state index contributed by atoms with van der Waals surface area (Å²) in [5, 5.41) is 19.3. The fourth-order valence-corrected chi connectivity index (χ4v) is 5.19. The van der Waals surface area contributed by atoms with Gasteiger partial charge in [0, 0.05) is 19.1 Å². The zero-order valence-electron chi connectivity index (χ0n) is 19.0. The highest BCUT2D eigenvalue weighted by Crippen LogP contribution is 2.40. The Balaban J connectivity index is 2.06. The lowest BCUT2D eigenvalue weighted by Crippen LogP contribution is -2.42. The number of thioether (sulfide) groups is 1. The molecule has 0 spiro atoms. The number of hydrogen-bond acceptors (Lipinski definition) is 7. The summed E-state index contributed by atoms with van der Waals surface area (Å²) in [6, 6.07) is 10.4. The molecule has 9 heteroatoms. The SMILES string of the molecule is CCc1c(C#N)c(SC(C(N)=O)c2ccc(F)cc2)nc(N2CCC(N(C)C)CC2)c1C#N. The second-order valence-corrected chi connectivity index (χ2v) is 9.27. The number of nitrogens with zero attached hydrogens (tertiary/aromatic N) is 5. The fourth-order valence-electron chi connectivity index (χ4n) is 4.13. The van der Waals surface area contributed by atoms with Crippen LogP contribution in [0.5, 0.6) is 0 Å². The number of carbonyl (C=O) groups is 1. The van der Waals surface area contributed by atoms with Crippen LogP contribution in [0.15, 0.2) is 29.3 Å². The Kier molecular flexibility index (Phi) is 7.91. The number of amides is 1. The minimum atomic E-state index is -0.852. The van der Waals surface area contributed by atoms with Crippen molar-refractivity contribution in [3.63, 3.8) is 0 Å². The molecule has 2 aromatic rings. The molecule has 0 aliphatic carbocycles. The van der Waals surface area contributed by atoms with Gasteiger partial charge >= 0.3 is 0 Å². The summed E-state index contributed by atoms with van der Waals surface area (Å²) >= 11 is 1.06. The van der Waals surface area contributed by atoms with Gasteiger partial charge in [0.15, 0.2) is 0 Å². The topological polar surface area (TPSA) is 110 Å². The van der Waals surface area contributed by atoms with Crippen LogP contribution >= 0.6 is 11.8 Å². The molecule has 1 amide bonds. The van der Waals surface area contributed by atoms with E-state index in [1.165, 1.54) is 24.3 Å².